The zero-order valence-electron chi connectivity index (χ0n) is 8.16. The molecule has 0 fully saturated rings. The molecular formula is C10H14N2O2. The molecule has 1 heterocycles. The summed E-state index contributed by atoms with van der Waals surface area (Å²) in [5.41, 5.74) is 0. The Morgan fingerprint density at radius 2 is 2.43 bits per heavy atom. The molecule has 2 N–H and O–H groups in total. The van der Waals surface area contributed by atoms with E-state index in [1.165, 1.54) is 0 Å². The Morgan fingerprint density at radius 1 is 1.64 bits per heavy atom. The molecule has 0 aromatic carbocycles. The first-order valence-corrected chi connectivity index (χ1v) is 4.64. The first-order valence-electron chi connectivity index (χ1n) is 4.64. The van der Waals surface area contributed by atoms with Crippen molar-refractivity contribution in [2.24, 2.45) is 0 Å². The van der Waals surface area contributed by atoms with E-state index < -0.39 is 0 Å². The average molecular weight is 194 g/mol. The molecule has 0 spiro atoms. The lowest BCUT2D eigenvalue weighted by Gasteiger charge is -2.07. The van der Waals surface area contributed by atoms with E-state index in [9.17, 15) is 5.11 Å². The fourth-order valence-corrected chi connectivity index (χ4v) is 1.04. The van der Waals surface area contributed by atoms with Crippen LogP contribution in [0.25, 0.3) is 0 Å². The summed E-state index contributed by atoms with van der Waals surface area (Å²) in [5.74, 6) is 1.03. The Labute approximate surface area is 83.2 Å². The molecule has 1 rings (SSSR count). The number of aliphatic hydroxyl groups is 1. The summed E-state index contributed by atoms with van der Waals surface area (Å²) < 4.78 is 5.14. The molecule has 14 heavy (non-hydrogen) atoms. The van der Waals surface area contributed by atoms with Gasteiger partial charge in [0.25, 0.3) is 0 Å². The molecule has 76 valence electrons. The van der Waals surface area contributed by atoms with Crippen molar-refractivity contribution in [1.29, 1.82) is 5.26 Å². The molecule has 1 aromatic rings. The van der Waals surface area contributed by atoms with Crippen LogP contribution in [0.15, 0.2) is 16.5 Å². The molecule has 4 heteroatoms. The molecule has 0 aliphatic rings. The van der Waals surface area contributed by atoms with Gasteiger partial charge < -0.3 is 14.8 Å². The summed E-state index contributed by atoms with van der Waals surface area (Å²) in [4.78, 5) is 0. The minimum atomic E-state index is -0.319. The topological polar surface area (TPSA) is 69.2 Å². The fourth-order valence-electron chi connectivity index (χ4n) is 1.04. The van der Waals surface area contributed by atoms with Crippen LogP contribution in [0.1, 0.15) is 24.9 Å². The quantitative estimate of drug-likeness (QED) is 0.734. The molecule has 0 amide bonds. The molecule has 0 aliphatic heterocycles. The van der Waals surface area contributed by atoms with Crippen LogP contribution in [0.2, 0.25) is 0 Å². The molecule has 0 saturated carbocycles. The first kappa shape index (κ1) is 10.8. The van der Waals surface area contributed by atoms with E-state index in [2.05, 4.69) is 5.32 Å². The van der Waals surface area contributed by atoms with Crippen molar-refractivity contribution in [3.8, 4) is 6.07 Å². The van der Waals surface area contributed by atoms with Crippen LogP contribution in [0, 0.1) is 11.3 Å². The van der Waals surface area contributed by atoms with Gasteiger partial charge in [0.05, 0.1) is 12.6 Å². The maximum atomic E-state index is 9.24. The van der Waals surface area contributed by atoms with E-state index in [1.807, 2.05) is 13.0 Å². The van der Waals surface area contributed by atoms with Gasteiger partial charge in [0.2, 0.25) is 5.76 Å². The molecule has 1 unspecified atom stereocenters. The molecule has 0 radical (unpaired) electrons. The number of aliphatic hydroxyl groups excluding tert-OH is 1. The maximum absolute atomic E-state index is 9.24. The van der Waals surface area contributed by atoms with Gasteiger partial charge in [-0.2, -0.15) is 5.26 Å². The van der Waals surface area contributed by atoms with Crippen LogP contribution in [0.4, 0.5) is 0 Å². The van der Waals surface area contributed by atoms with Crippen LogP contribution in [0.5, 0.6) is 0 Å². The Balaban J connectivity index is 2.28. The number of rotatable bonds is 5. The Hall–Kier alpha value is -1.31. The van der Waals surface area contributed by atoms with E-state index >= 15 is 0 Å². The lowest BCUT2D eigenvalue weighted by Crippen LogP contribution is -2.25. The van der Waals surface area contributed by atoms with E-state index in [1.54, 1.807) is 12.1 Å². The summed E-state index contributed by atoms with van der Waals surface area (Å²) >= 11 is 0. The number of hydrogen-bond donors (Lipinski definition) is 2. The van der Waals surface area contributed by atoms with Crippen molar-refractivity contribution in [1.82, 2.24) is 5.32 Å². The van der Waals surface area contributed by atoms with Gasteiger partial charge in [0, 0.05) is 6.54 Å². The van der Waals surface area contributed by atoms with Gasteiger partial charge >= 0.3 is 0 Å². The third kappa shape index (κ3) is 3.21. The lowest BCUT2D eigenvalue weighted by atomic mass is 10.3. The average Bonchev–Trinajstić information content (AvgIpc) is 2.65. The SMILES string of the molecule is CCC(O)CNCc1ccc(C#N)o1. The van der Waals surface area contributed by atoms with Crippen LogP contribution in [-0.2, 0) is 6.54 Å². The van der Waals surface area contributed by atoms with Gasteiger partial charge in [0.1, 0.15) is 11.8 Å². The number of nitrogens with one attached hydrogen (secondary N) is 1. The van der Waals surface area contributed by atoms with Crippen LogP contribution in [-0.4, -0.2) is 17.8 Å². The molecule has 4 nitrogen and oxygen atoms in total. The van der Waals surface area contributed by atoms with Gasteiger partial charge in [-0.05, 0) is 18.6 Å². The zero-order valence-corrected chi connectivity index (χ0v) is 8.16. The van der Waals surface area contributed by atoms with Crippen LogP contribution < -0.4 is 5.32 Å². The minimum Gasteiger partial charge on any atom is -0.449 e. The van der Waals surface area contributed by atoms with Gasteiger partial charge in [-0.15, -0.1) is 0 Å². The van der Waals surface area contributed by atoms with Crippen molar-refractivity contribution in [3.63, 3.8) is 0 Å². The maximum Gasteiger partial charge on any atom is 0.203 e. The second kappa shape index (κ2) is 5.43. The smallest absolute Gasteiger partial charge is 0.203 e. The van der Waals surface area contributed by atoms with Crippen molar-refractivity contribution in [3.05, 3.63) is 23.7 Å². The highest BCUT2D eigenvalue weighted by Gasteiger charge is 2.02. The summed E-state index contributed by atoms with van der Waals surface area (Å²) in [5, 5.41) is 20.8. The van der Waals surface area contributed by atoms with Crippen molar-refractivity contribution < 1.29 is 9.52 Å². The van der Waals surface area contributed by atoms with Gasteiger partial charge in [-0.3, -0.25) is 0 Å². The highest BCUT2D eigenvalue weighted by Crippen LogP contribution is 2.05. The number of hydrogen-bond acceptors (Lipinski definition) is 4. The second-order valence-electron chi connectivity index (χ2n) is 3.07. The summed E-state index contributed by atoms with van der Waals surface area (Å²) in [6, 6.07) is 5.30. The summed E-state index contributed by atoms with van der Waals surface area (Å²) in [7, 11) is 0. The Bertz CT molecular complexity index is 314. The third-order valence-corrected chi connectivity index (χ3v) is 1.92. The molecule has 0 aliphatic carbocycles. The Kier molecular flexibility index (Phi) is 4.17. The predicted molar refractivity (Wildman–Crippen MR) is 51.4 cm³/mol. The normalized spacial score (nSPS) is 12.4. The first-order chi connectivity index (χ1) is 6.76. The second-order valence-corrected chi connectivity index (χ2v) is 3.07. The molecule has 0 bridgehead atoms. The molecule has 0 saturated heterocycles. The third-order valence-electron chi connectivity index (χ3n) is 1.92. The largest absolute Gasteiger partial charge is 0.449 e. The van der Waals surface area contributed by atoms with Crippen molar-refractivity contribution in [2.75, 3.05) is 6.54 Å². The van der Waals surface area contributed by atoms with Crippen molar-refractivity contribution in [2.45, 2.75) is 26.0 Å². The van der Waals surface area contributed by atoms with Crippen LogP contribution in [0.3, 0.4) is 0 Å². The van der Waals surface area contributed by atoms with Gasteiger partial charge in [0.15, 0.2) is 0 Å². The highest BCUT2D eigenvalue weighted by molar-refractivity contribution is 5.18. The number of nitrogens with zero attached hydrogens (tertiary/aromatic N) is 1. The summed E-state index contributed by atoms with van der Waals surface area (Å²) in [6.45, 7) is 3.00. The highest BCUT2D eigenvalue weighted by atomic mass is 16.3. The monoisotopic (exact) mass is 194 g/mol. The predicted octanol–water partition coefficient (Wildman–Crippen LogP) is 1.01. The van der Waals surface area contributed by atoms with E-state index in [0.717, 1.165) is 6.42 Å². The molecule has 1 atom stereocenters. The summed E-state index contributed by atoms with van der Waals surface area (Å²) in [6.07, 6.45) is 0.412. The lowest BCUT2D eigenvalue weighted by molar-refractivity contribution is 0.166. The molecular weight excluding hydrogens is 180 g/mol. The van der Waals surface area contributed by atoms with E-state index in [0.29, 0.717) is 24.6 Å². The number of furan rings is 1. The number of nitriles is 1. The zero-order chi connectivity index (χ0) is 10.4. The minimum absolute atomic E-state index is 0.317. The standard InChI is InChI=1S/C10H14N2O2/c1-2-8(13)6-12-7-10-4-3-9(5-11)14-10/h3-4,8,12-13H,2,6-7H2,1H3. The van der Waals surface area contributed by atoms with Gasteiger partial charge in [-0.25, -0.2) is 0 Å². The van der Waals surface area contributed by atoms with E-state index in [4.69, 9.17) is 9.68 Å². The van der Waals surface area contributed by atoms with E-state index in [-0.39, 0.29) is 6.10 Å². The van der Waals surface area contributed by atoms with Gasteiger partial charge in [-0.1, -0.05) is 6.92 Å². The van der Waals surface area contributed by atoms with Crippen LogP contribution >= 0.6 is 0 Å². The Morgan fingerprint density at radius 3 is 3.00 bits per heavy atom. The van der Waals surface area contributed by atoms with Crippen molar-refractivity contribution >= 4 is 0 Å². The molecule has 1 aromatic heterocycles. The fraction of sp³-hybridized carbons (Fsp3) is 0.500.